The Bertz CT molecular complexity index is 1140. The average molecular weight is 498 g/mol. The number of benzene rings is 2. The molecule has 0 unspecified atom stereocenters. The molecule has 2 aromatic carbocycles. The molecule has 35 heavy (non-hydrogen) atoms. The van der Waals surface area contributed by atoms with Crippen LogP contribution in [0.3, 0.4) is 0 Å². The van der Waals surface area contributed by atoms with Crippen molar-refractivity contribution in [1.82, 2.24) is 20.0 Å². The Morgan fingerprint density at radius 2 is 1.77 bits per heavy atom. The lowest BCUT2D eigenvalue weighted by molar-refractivity contribution is -0.116. The molecule has 0 aliphatic heterocycles. The number of hydrogen-bond acceptors (Lipinski definition) is 4. The second-order valence-electron chi connectivity index (χ2n) is 9.13. The van der Waals surface area contributed by atoms with Crippen LogP contribution in [0.15, 0.2) is 60.7 Å². The maximum absolute atomic E-state index is 13.0. The maximum atomic E-state index is 13.0. The zero-order chi connectivity index (χ0) is 25.4. The zero-order valence-corrected chi connectivity index (χ0v) is 21.3. The molecule has 0 bridgehead atoms. The molecule has 0 atom stereocenters. The number of carbonyl (C=O) groups excluding carboxylic acids is 2. The lowest BCUT2D eigenvalue weighted by atomic mass is 9.92. The van der Waals surface area contributed by atoms with Crippen LogP contribution in [0.25, 0.3) is 5.69 Å². The lowest BCUT2D eigenvalue weighted by Crippen LogP contribution is -2.45. The van der Waals surface area contributed by atoms with E-state index in [-0.39, 0.29) is 30.4 Å². The number of hydrogen-bond donors (Lipinski definition) is 2. The van der Waals surface area contributed by atoms with Crippen molar-refractivity contribution in [1.29, 1.82) is 0 Å². The molecule has 3 aromatic rings. The molecule has 186 valence electrons. The van der Waals surface area contributed by atoms with Crippen LogP contribution >= 0.6 is 11.6 Å². The first-order valence-corrected chi connectivity index (χ1v) is 11.8. The van der Waals surface area contributed by atoms with Crippen LogP contribution in [0.5, 0.6) is 0 Å². The highest BCUT2D eigenvalue weighted by Crippen LogP contribution is 2.29. The fraction of sp³-hybridized carbons (Fsp3) is 0.346. The highest BCUT2D eigenvalue weighted by Gasteiger charge is 2.23. The van der Waals surface area contributed by atoms with E-state index >= 15 is 0 Å². The molecule has 1 heterocycles. The largest absolute Gasteiger partial charge is 0.383 e. The van der Waals surface area contributed by atoms with E-state index in [9.17, 15) is 9.59 Å². The Balaban J connectivity index is 1.76. The number of para-hydroxylation sites is 1. The van der Waals surface area contributed by atoms with Gasteiger partial charge in [-0.2, -0.15) is 5.10 Å². The van der Waals surface area contributed by atoms with Crippen LogP contribution in [0.1, 0.15) is 32.0 Å². The van der Waals surface area contributed by atoms with Gasteiger partial charge in [-0.25, -0.2) is 9.48 Å². The molecule has 0 aliphatic rings. The summed E-state index contributed by atoms with van der Waals surface area (Å²) in [5, 5.41) is 11.0. The number of aromatic nitrogens is 2. The van der Waals surface area contributed by atoms with Crippen LogP contribution in [0.2, 0.25) is 5.02 Å². The number of carbonyl (C=O) groups is 2. The fourth-order valence-electron chi connectivity index (χ4n) is 3.34. The van der Waals surface area contributed by atoms with Crippen LogP contribution in [0, 0.1) is 0 Å². The van der Waals surface area contributed by atoms with E-state index in [4.69, 9.17) is 21.4 Å². The minimum absolute atomic E-state index is 0.150. The third-order valence-corrected chi connectivity index (χ3v) is 5.62. The van der Waals surface area contributed by atoms with Crippen molar-refractivity contribution in [3.8, 4) is 5.69 Å². The number of amides is 3. The van der Waals surface area contributed by atoms with Crippen molar-refractivity contribution in [2.45, 2.75) is 32.7 Å². The molecule has 0 fully saturated rings. The summed E-state index contributed by atoms with van der Waals surface area (Å²) in [4.78, 5) is 27.3. The Kier molecular flexibility index (Phi) is 8.89. The van der Waals surface area contributed by atoms with Gasteiger partial charge < -0.3 is 20.3 Å². The summed E-state index contributed by atoms with van der Waals surface area (Å²) in [6.07, 6.45) is 0. The van der Waals surface area contributed by atoms with Crippen molar-refractivity contribution < 1.29 is 14.3 Å². The maximum Gasteiger partial charge on any atom is 0.318 e. The first-order valence-electron chi connectivity index (χ1n) is 11.4. The van der Waals surface area contributed by atoms with E-state index in [2.05, 4.69) is 10.6 Å². The van der Waals surface area contributed by atoms with Crippen molar-refractivity contribution >= 4 is 29.4 Å². The summed E-state index contributed by atoms with van der Waals surface area (Å²) >= 11 is 6.41. The monoisotopic (exact) mass is 497 g/mol. The van der Waals surface area contributed by atoms with Crippen LogP contribution in [-0.2, 0) is 21.5 Å². The van der Waals surface area contributed by atoms with Crippen LogP contribution in [-0.4, -0.2) is 53.4 Å². The van der Waals surface area contributed by atoms with Crippen molar-refractivity contribution in [2.75, 3.05) is 32.1 Å². The number of rotatable bonds is 9. The normalized spacial score (nSPS) is 11.2. The molecule has 9 heteroatoms. The van der Waals surface area contributed by atoms with Gasteiger partial charge in [0.2, 0.25) is 5.91 Å². The first kappa shape index (κ1) is 26.2. The number of ether oxygens (including phenoxy) is 1. The van der Waals surface area contributed by atoms with E-state index in [1.165, 1.54) is 4.90 Å². The highest BCUT2D eigenvalue weighted by molar-refractivity contribution is 6.32. The van der Waals surface area contributed by atoms with Crippen LogP contribution in [0.4, 0.5) is 10.6 Å². The number of halogens is 1. The van der Waals surface area contributed by atoms with Crippen molar-refractivity contribution in [3.05, 3.63) is 76.9 Å². The molecule has 1 aromatic heterocycles. The van der Waals surface area contributed by atoms with Gasteiger partial charge in [0.25, 0.3) is 0 Å². The van der Waals surface area contributed by atoms with Gasteiger partial charge in [-0.1, -0.05) is 74.8 Å². The van der Waals surface area contributed by atoms with E-state index < -0.39 is 0 Å². The third kappa shape index (κ3) is 7.31. The molecule has 3 amide bonds. The summed E-state index contributed by atoms with van der Waals surface area (Å²) in [6, 6.07) is 18.4. The van der Waals surface area contributed by atoms with Gasteiger partial charge in [-0.05, 0) is 17.7 Å². The predicted octanol–water partition coefficient (Wildman–Crippen LogP) is 4.62. The van der Waals surface area contributed by atoms with E-state index in [0.717, 1.165) is 11.3 Å². The van der Waals surface area contributed by atoms with E-state index in [1.807, 2.05) is 75.4 Å². The quantitative estimate of drug-likeness (QED) is 0.451. The highest BCUT2D eigenvalue weighted by atomic mass is 35.5. The lowest BCUT2D eigenvalue weighted by Gasteiger charge is -2.22. The van der Waals surface area contributed by atoms with Crippen LogP contribution < -0.4 is 10.6 Å². The summed E-state index contributed by atoms with van der Waals surface area (Å²) in [5.74, 6) is 0.119. The molecular formula is C26H32ClN5O3. The Hall–Kier alpha value is -3.36. The van der Waals surface area contributed by atoms with Gasteiger partial charge in [0, 0.05) is 31.7 Å². The molecule has 0 aliphatic carbocycles. The fourth-order valence-corrected chi connectivity index (χ4v) is 3.55. The van der Waals surface area contributed by atoms with Gasteiger partial charge >= 0.3 is 6.03 Å². The average Bonchev–Trinajstić information content (AvgIpc) is 3.25. The predicted molar refractivity (Wildman–Crippen MR) is 138 cm³/mol. The Labute approximate surface area is 211 Å². The number of nitrogens with one attached hydrogen (secondary N) is 2. The number of methoxy groups -OCH3 is 1. The van der Waals surface area contributed by atoms with Gasteiger partial charge in [-0.3, -0.25) is 4.79 Å². The Morgan fingerprint density at radius 3 is 2.43 bits per heavy atom. The molecule has 0 radical (unpaired) electrons. The van der Waals surface area contributed by atoms with Crippen molar-refractivity contribution in [3.63, 3.8) is 0 Å². The van der Waals surface area contributed by atoms with E-state index in [0.29, 0.717) is 29.7 Å². The summed E-state index contributed by atoms with van der Waals surface area (Å²) in [5.41, 5.74) is 2.17. The number of nitrogens with zero attached hydrogens (tertiary/aromatic N) is 3. The number of urea groups is 1. The van der Waals surface area contributed by atoms with Gasteiger partial charge in [0.1, 0.15) is 12.4 Å². The van der Waals surface area contributed by atoms with Gasteiger partial charge in [-0.15, -0.1) is 0 Å². The van der Waals surface area contributed by atoms with E-state index in [1.54, 1.807) is 17.9 Å². The smallest absolute Gasteiger partial charge is 0.318 e. The standard InChI is InChI=1S/C26H32ClN5O3/c1-26(2,3)22-16-23(32(30-22)21-13-9-8-12-20(21)27)29-24(33)18-31(14-15-35-4)25(34)28-17-19-10-6-5-7-11-19/h5-13,16H,14-15,17-18H2,1-4H3,(H,28,34)(H,29,33). The minimum atomic E-state index is -0.357. The minimum Gasteiger partial charge on any atom is -0.383 e. The topological polar surface area (TPSA) is 88.5 Å². The summed E-state index contributed by atoms with van der Waals surface area (Å²) < 4.78 is 6.75. The third-order valence-electron chi connectivity index (χ3n) is 5.30. The zero-order valence-electron chi connectivity index (χ0n) is 20.5. The Morgan fingerprint density at radius 1 is 1.09 bits per heavy atom. The molecule has 0 saturated carbocycles. The van der Waals surface area contributed by atoms with Gasteiger partial charge in [0.05, 0.1) is 23.0 Å². The van der Waals surface area contributed by atoms with Gasteiger partial charge in [0.15, 0.2) is 0 Å². The SMILES string of the molecule is COCCN(CC(=O)Nc1cc(C(C)(C)C)nn1-c1ccccc1Cl)C(=O)NCc1ccccc1. The molecule has 0 spiro atoms. The molecule has 0 saturated heterocycles. The molecular weight excluding hydrogens is 466 g/mol. The summed E-state index contributed by atoms with van der Waals surface area (Å²) in [7, 11) is 1.55. The first-order chi connectivity index (χ1) is 16.7. The second kappa shape index (κ2) is 11.9. The van der Waals surface area contributed by atoms with Crippen molar-refractivity contribution in [2.24, 2.45) is 0 Å². The molecule has 8 nitrogen and oxygen atoms in total. The second-order valence-corrected chi connectivity index (χ2v) is 9.54. The number of anilines is 1. The summed E-state index contributed by atoms with van der Waals surface area (Å²) in [6.45, 7) is 6.91. The molecule has 3 rings (SSSR count). The molecule has 2 N–H and O–H groups in total.